The fraction of sp³-hybridized carbons (Fsp3) is 0.421. The zero-order valence-electron chi connectivity index (χ0n) is 13.7. The van der Waals surface area contributed by atoms with Crippen molar-refractivity contribution in [2.24, 2.45) is 0 Å². The number of carbonyl (C=O) groups is 1. The molecule has 1 aliphatic carbocycles. The number of rotatable bonds is 6. The van der Waals surface area contributed by atoms with Crippen molar-refractivity contribution >= 4 is 17.2 Å². The van der Waals surface area contributed by atoms with Gasteiger partial charge in [-0.1, -0.05) is 30.3 Å². The molecule has 23 heavy (non-hydrogen) atoms. The van der Waals surface area contributed by atoms with Crippen molar-refractivity contribution in [2.75, 3.05) is 13.1 Å². The first-order chi connectivity index (χ1) is 11.3. The highest BCUT2D eigenvalue weighted by Gasteiger charge is 2.23. The maximum absolute atomic E-state index is 12.5. The molecule has 3 rings (SSSR count). The zero-order chi connectivity index (χ0) is 16.1. The first-order valence-corrected chi connectivity index (χ1v) is 9.37. The van der Waals surface area contributed by atoms with Gasteiger partial charge >= 0.3 is 0 Å². The molecule has 1 unspecified atom stereocenters. The van der Waals surface area contributed by atoms with Gasteiger partial charge in [-0.2, -0.15) is 0 Å². The molecule has 1 aliphatic rings. The van der Waals surface area contributed by atoms with E-state index in [1.54, 1.807) is 11.3 Å². The minimum absolute atomic E-state index is 0.167. The van der Waals surface area contributed by atoms with Gasteiger partial charge in [0.15, 0.2) is 6.54 Å². The van der Waals surface area contributed by atoms with E-state index in [9.17, 15) is 4.79 Å². The van der Waals surface area contributed by atoms with Crippen molar-refractivity contribution in [1.82, 2.24) is 5.32 Å². The third-order valence-electron chi connectivity index (χ3n) is 4.62. The van der Waals surface area contributed by atoms with Crippen LogP contribution < -0.4 is 10.2 Å². The summed E-state index contributed by atoms with van der Waals surface area (Å²) in [5.74, 6) is 0.167. The van der Waals surface area contributed by atoms with Crippen LogP contribution in [0.3, 0.4) is 0 Å². The van der Waals surface area contributed by atoms with E-state index >= 15 is 0 Å². The predicted octanol–water partition coefficient (Wildman–Crippen LogP) is 2.35. The van der Waals surface area contributed by atoms with Crippen molar-refractivity contribution in [1.29, 1.82) is 0 Å². The van der Waals surface area contributed by atoms with E-state index in [1.807, 2.05) is 0 Å². The number of thiophene rings is 1. The number of quaternary nitrogens is 1. The normalized spacial score (nSPS) is 18.2. The molecule has 0 spiro atoms. The summed E-state index contributed by atoms with van der Waals surface area (Å²) >= 11 is 1.77. The maximum Gasteiger partial charge on any atom is 0.275 e. The Morgan fingerprint density at radius 3 is 2.96 bits per heavy atom. The second kappa shape index (κ2) is 7.75. The summed E-state index contributed by atoms with van der Waals surface area (Å²) in [6, 6.07) is 12.9. The van der Waals surface area contributed by atoms with E-state index in [2.05, 4.69) is 54.0 Å². The molecule has 1 aromatic heterocycles. The number of aryl methyl sites for hydroxylation is 1. The first kappa shape index (κ1) is 16.2. The van der Waals surface area contributed by atoms with Crippen LogP contribution in [0.25, 0.3) is 0 Å². The second-order valence-electron chi connectivity index (χ2n) is 6.25. The van der Waals surface area contributed by atoms with Gasteiger partial charge in [0.25, 0.3) is 5.91 Å². The SMILES string of the molecule is CC[NH+](CC(=O)N[C@@H]1CCCc2ccccc21)Cc1cccs1. The van der Waals surface area contributed by atoms with E-state index in [0.717, 1.165) is 32.4 Å². The molecule has 122 valence electrons. The summed E-state index contributed by atoms with van der Waals surface area (Å²) < 4.78 is 0. The molecule has 1 amide bonds. The van der Waals surface area contributed by atoms with Crippen LogP contribution in [0.5, 0.6) is 0 Å². The molecule has 1 heterocycles. The Bertz CT molecular complexity index is 639. The van der Waals surface area contributed by atoms with Crippen molar-refractivity contribution in [3.05, 3.63) is 57.8 Å². The molecule has 4 heteroatoms. The van der Waals surface area contributed by atoms with E-state index < -0.39 is 0 Å². The minimum Gasteiger partial charge on any atom is -0.344 e. The van der Waals surface area contributed by atoms with Crippen LogP contribution >= 0.6 is 11.3 Å². The van der Waals surface area contributed by atoms with Gasteiger partial charge in [-0.05, 0) is 48.8 Å². The van der Waals surface area contributed by atoms with Gasteiger partial charge in [-0.25, -0.2) is 0 Å². The highest BCUT2D eigenvalue weighted by molar-refractivity contribution is 7.09. The van der Waals surface area contributed by atoms with Crippen LogP contribution in [0, 0.1) is 0 Å². The molecule has 0 aliphatic heterocycles. The number of hydrogen-bond acceptors (Lipinski definition) is 2. The molecule has 0 saturated heterocycles. The van der Waals surface area contributed by atoms with Crippen LogP contribution in [0.15, 0.2) is 41.8 Å². The third-order valence-corrected chi connectivity index (χ3v) is 5.50. The van der Waals surface area contributed by atoms with Crippen molar-refractivity contribution < 1.29 is 9.69 Å². The molecule has 0 bridgehead atoms. The lowest BCUT2D eigenvalue weighted by Crippen LogP contribution is -3.11. The largest absolute Gasteiger partial charge is 0.344 e. The van der Waals surface area contributed by atoms with E-state index in [4.69, 9.17) is 0 Å². The number of nitrogens with one attached hydrogen (secondary N) is 2. The quantitative estimate of drug-likeness (QED) is 0.838. The van der Waals surface area contributed by atoms with E-state index in [1.165, 1.54) is 20.9 Å². The lowest BCUT2D eigenvalue weighted by Gasteiger charge is -2.27. The Morgan fingerprint density at radius 2 is 2.17 bits per heavy atom. The zero-order valence-corrected chi connectivity index (χ0v) is 14.5. The molecule has 0 fully saturated rings. The summed E-state index contributed by atoms with van der Waals surface area (Å²) in [5.41, 5.74) is 2.70. The average Bonchev–Trinajstić information content (AvgIpc) is 3.07. The molecule has 0 radical (unpaired) electrons. The highest BCUT2D eigenvalue weighted by Crippen LogP contribution is 2.29. The van der Waals surface area contributed by atoms with E-state index in [0.29, 0.717) is 6.54 Å². The van der Waals surface area contributed by atoms with Gasteiger partial charge in [0, 0.05) is 0 Å². The van der Waals surface area contributed by atoms with Crippen molar-refractivity contribution in [2.45, 2.75) is 38.8 Å². The van der Waals surface area contributed by atoms with Crippen LogP contribution in [0.4, 0.5) is 0 Å². The molecule has 0 saturated carbocycles. The summed E-state index contributed by atoms with van der Waals surface area (Å²) in [6.45, 7) is 4.59. The fourth-order valence-electron chi connectivity index (χ4n) is 3.35. The Kier molecular flexibility index (Phi) is 5.47. The Morgan fingerprint density at radius 1 is 1.30 bits per heavy atom. The van der Waals surface area contributed by atoms with Gasteiger partial charge in [0.2, 0.25) is 0 Å². The van der Waals surface area contributed by atoms with Gasteiger partial charge < -0.3 is 10.2 Å². The molecular formula is C19H25N2OS+. The highest BCUT2D eigenvalue weighted by atomic mass is 32.1. The molecule has 2 atom stereocenters. The smallest absolute Gasteiger partial charge is 0.275 e. The van der Waals surface area contributed by atoms with Gasteiger partial charge in [-0.15, -0.1) is 11.3 Å². The standard InChI is InChI=1S/C19H24N2OS/c1-2-21(13-16-9-6-12-23-16)14-19(22)20-18-11-5-8-15-7-3-4-10-17(15)18/h3-4,6-7,9-10,12,18H,2,5,8,11,13-14H2,1H3,(H,20,22)/p+1/t18-/m1/s1. The Balaban J connectivity index is 1.59. The van der Waals surface area contributed by atoms with E-state index in [-0.39, 0.29) is 11.9 Å². The minimum atomic E-state index is 0.167. The van der Waals surface area contributed by atoms with Crippen molar-refractivity contribution in [3.63, 3.8) is 0 Å². The molecule has 2 N–H and O–H groups in total. The predicted molar refractivity (Wildman–Crippen MR) is 94.7 cm³/mol. The van der Waals surface area contributed by atoms with Gasteiger partial charge in [-0.3, -0.25) is 4.79 Å². The van der Waals surface area contributed by atoms with Gasteiger partial charge in [0.1, 0.15) is 6.54 Å². The summed E-state index contributed by atoms with van der Waals surface area (Å²) in [4.78, 5) is 15.1. The Labute approximate surface area is 142 Å². The topological polar surface area (TPSA) is 33.5 Å². The number of benzene rings is 1. The summed E-state index contributed by atoms with van der Waals surface area (Å²) in [5, 5.41) is 5.36. The lowest BCUT2D eigenvalue weighted by atomic mass is 9.88. The third kappa shape index (κ3) is 4.21. The van der Waals surface area contributed by atoms with Gasteiger partial charge in [0.05, 0.1) is 17.5 Å². The molecule has 3 nitrogen and oxygen atoms in total. The maximum atomic E-state index is 12.5. The number of amides is 1. The van der Waals surface area contributed by atoms with Crippen LogP contribution in [-0.4, -0.2) is 19.0 Å². The summed E-state index contributed by atoms with van der Waals surface area (Å²) in [7, 11) is 0. The number of carbonyl (C=O) groups excluding carboxylic acids is 1. The van der Waals surface area contributed by atoms with Crippen LogP contribution in [0.2, 0.25) is 0 Å². The fourth-order valence-corrected chi connectivity index (χ4v) is 4.12. The summed E-state index contributed by atoms with van der Waals surface area (Å²) in [6.07, 6.45) is 3.34. The Hall–Kier alpha value is -1.65. The average molecular weight is 329 g/mol. The number of fused-ring (bicyclic) bond motifs is 1. The first-order valence-electron chi connectivity index (χ1n) is 8.49. The number of likely N-dealkylation sites (N-methyl/N-ethyl adjacent to an activating group) is 1. The second-order valence-corrected chi connectivity index (χ2v) is 7.28. The number of hydrogen-bond donors (Lipinski definition) is 2. The van der Waals surface area contributed by atoms with Crippen LogP contribution in [-0.2, 0) is 17.8 Å². The van der Waals surface area contributed by atoms with Crippen molar-refractivity contribution in [3.8, 4) is 0 Å². The van der Waals surface area contributed by atoms with Crippen LogP contribution in [0.1, 0.15) is 41.8 Å². The lowest BCUT2D eigenvalue weighted by molar-refractivity contribution is -0.903. The monoisotopic (exact) mass is 329 g/mol. The molecule has 1 aromatic carbocycles. The molecule has 2 aromatic rings. The molecular weight excluding hydrogens is 304 g/mol.